The zero-order valence-electron chi connectivity index (χ0n) is 6.51. The number of nitrogens with zero attached hydrogens (tertiary/aromatic N) is 1. The lowest BCUT2D eigenvalue weighted by Crippen LogP contribution is -2.20. The largest absolute Gasteiger partial charge is 0.286 e. The van der Waals surface area contributed by atoms with Crippen LogP contribution in [0.2, 0.25) is 0 Å². The minimum absolute atomic E-state index is 0.369. The molecule has 1 unspecified atom stereocenters. The quantitative estimate of drug-likeness (QED) is 0.546. The van der Waals surface area contributed by atoms with Crippen molar-refractivity contribution < 1.29 is 0 Å². The molecule has 0 aromatic heterocycles. The summed E-state index contributed by atoms with van der Waals surface area (Å²) in [6.07, 6.45) is 8.73. The molecule has 1 saturated carbocycles. The number of hydrogen-bond donors (Lipinski definition) is 1. The molecule has 1 heterocycles. The second kappa shape index (κ2) is 2.61. The average Bonchev–Trinajstić information content (AvgIpc) is 2.06. The van der Waals surface area contributed by atoms with Crippen LogP contribution in [0, 0.1) is 11.3 Å². The van der Waals surface area contributed by atoms with Gasteiger partial charge in [0.15, 0.2) is 0 Å². The van der Waals surface area contributed by atoms with E-state index >= 15 is 0 Å². The third kappa shape index (κ3) is 1.13. The van der Waals surface area contributed by atoms with Gasteiger partial charge in [-0.05, 0) is 25.3 Å². The number of amidine groups is 1. The summed E-state index contributed by atoms with van der Waals surface area (Å²) in [5, 5.41) is 7.57. The van der Waals surface area contributed by atoms with E-state index in [4.69, 9.17) is 5.41 Å². The maximum Gasteiger partial charge on any atom is 0.127 e. The average molecular weight is 148 g/mol. The van der Waals surface area contributed by atoms with E-state index in [-0.39, 0.29) is 0 Å². The highest BCUT2D eigenvalue weighted by molar-refractivity contribution is 5.97. The normalized spacial score (nSPS) is 29.6. The Labute approximate surface area is 66.5 Å². The van der Waals surface area contributed by atoms with Crippen molar-refractivity contribution in [3.8, 4) is 0 Å². The molecule has 2 nitrogen and oxygen atoms in total. The zero-order valence-corrected chi connectivity index (χ0v) is 6.51. The molecule has 2 rings (SSSR count). The van der Waals surface area contributed by atoms with Gasteiger partial charge in [-0.3, -0.25) is 5.41 Å². The molecule has 2 aliphatic rings. The fourth-order valence-corrected chi connectivity index (χ4v) is 1.85. The van der Waals surface area contributed by atoms with Crippen LogP contribution in [0.15, 0.2) is 16.6 Å². The Balaban J connectivity index is 2.25. The third-order valence-electron chi connectivity index (χ3n) is 2.49. The second-order valence-electron chi connectivity index (χ2n) is 3.20. The summed E-state index contributed by atoms with van der Waals surface area (Å²) in [4.78, 5) is 4.00. The molecule has 0 saturated heterocycles. The minimum Gasteiger partial charge on any atom is -0.286 e. The van der Waals surface area contributed by atoms with Gasteiger partial charge in [0.25, 0.3) is 0 Å². The van der Waals surface area contributed by atoms with Gasteiger partial charge in [0.05, 0.1) is 0 Å². The summed E-state index contributed by atoms with van der Waals surface area (Å²) in [5.74, 6) is 0.941. The van der Waals surface area contributed by atoms with E-state index < -0.39 is 0 Å². The van der Waals surface area contributed by atoms with Crippen molar-refractivity contribution in [2.75, 3.05) is 0 Å². The first-order valence-electron chi connectivity index (χ1n) is 4.19. The number of fused-ring (bicyclic) bond motifs is 1. The molecule has 0 aromatic carbocycles. The number of dihydropyridines is 1. The molecule has 0 amide bonds. The van der Waals surface area contributed by atoms with E-state index in [1.54, 1.807) is 6.21 Å². The van der Waals surface area contributed by atoms with Gasteiger partial charge in [0, 0.05) is 12.1 Å². The first-order chi connectivity index (χ1) is 5.38. The molecule has 1 fully saturated rings. The topological polar surface area (TPSA) is 36.2 Å². The highest BCUT2D eigenvalue weighted by Crippen LogP contribution is 2.31. The van der Waals surface area contributed by atoms with Crippen LogP contribution in [-0.2, 0) is 0 Å². The van der Waals surface area contributed by atoms with Gasteiger partial charge in [0.1, 0.15) is 5.84 Å². The fraction of sp³-hybridized carbons (Fsp3) is 0.556. The van der Waals surface area contributed by atoms with Gasteiger partial charge in [-0.2, -0.15) is 0 Å². The van der Waals surface area contributed by atoms with Crippen molar-refractivity contribution in [1.29, 1.82) is 5.41 Å². The van der Waals surface area contributed by atoms with E-state index in [1.807, 2.05) is 0 Å². The van der Waals surface area contributed by atoms with Crippen LogP contribution in [0.25, 0.3) is 0 Å². The maximum absolute atomic E-state index is 7.57. The van der Waals surface area contributed by atoms with Crippen molar-refractivity contribution in [1.82, 2.24) is 0 Å². The van der Waals surface area contributed by atoms with Crippen LogP contribution in [0.5, 0.6) is 0 Å². The van der Waals surface area contributed by atoms with Crippen LogP contribution >= 0.6 is 0 Å². The molecule has 1 atom stereocenters. The van der Waals surface area contributed by atoms with E-state index in [1.165, 1.54) is 24.8 Å². The van der Waals surface area contributed by atoms with Crippen molar-refractivity contribution in [3.05, 3.63) is 11.6 Å². The van der Waals surface area contributed by atoms with Crippen LogP contribution in [0.3, 0.4) is 0 Å². The molecule has 0 aromatic rings. The smallest absolute Gasteiger partial charge is 0.127 e. The summed E-state index contributed by atoms with van der Waals surface area (Å²) < 4.78 is 0. The van der Waals surface area contributed by atoms with Crippen LogP contribution < -0.4 is 0 Å². The number of nitrogens with one attached hydrogen (secondary N) is 1. The summed E-state index contributed by atoms with van der Waals surface area (Å²) in [6, 6.07) is 0. The van der Waals surface area contributed by atoms with Gasteiger partial charge in [0.2, 0.25) is 0 Å². The van der Waals surface area contributed by atoms with E-state index in [0.29, 0.717) is 11.8 Å². The highest BCUT2D eigenvalue weighted by Gasteiger charge is 2.23. The molecule has 58 valence electrons. The monoisotopic (exact) mass is 148 g/mol. The van der Waals surface area contributed by atoms with Gasteiger partial charge in [-0.15, -0.1) is 0 Å². The Bertz CT molecular complexity index is 238. The molecule has 2 heteroatoms. The Morgan fingerprint density at radius 3 is 3.18 bits per heavy atom. The summed E-state index contributed by atoms with van der Waals surface area (Å²) in [5.41, 5.74) is 1.43. The molecule has 11 heavy (non-hydrogen) atoms. The van der Waals surface area contributed by atoms with Gasteiger partial charge >= 0.3 is 0 Å². The molecule has 0 spiro atoms. The van der Waals surface area contributed by atoms with Crippen LogP contribution in [-0.4, -0.2) is 12.1 Å². The zero-order chi connectivity index (χ0) is 7.68. The van der Waals surface area contributed by atoms with Crippen molar-refractivity contribution in [3.63, 3.8) is 0 Å². The Morgan fingerprint density at radius 1 is 1.45 bits per heavy atom. The second-order valence-corrected chi connectivity index (χ2v) is 3.20. The molecule has 0 bridgehead atoms. The Morgan fingerprint density at radius 2 is 2.36 bits per heavy atom. The molecular weight excluding hydrogens is 136 g/mol. The van der Waals surface area contributed by atoms with Gasteiger partial charge < -0.3 is 0 Å². The summed E-state index contributed by atoms with van der Waals surface area (Å²) in [6.45, 7) is 0. The van der Waals surface area contributed by atoms with Gasteiger partial charge in [-0.25, -0.2) is 4.99 Å². The molecule has 1 N–H and O–H groups in total. The first-order valence-corrected chi connectivity index (χ1v) is 4.19. The SMILES string of the molecule is N=C1N=CC=C2CCCCC12. The highest BCUT2D eigenvalue weighted by atomic mass is 14.8. The number of aliphatic imine (C=N–C) groups is 1. The van der Waals surface area contributed by atoms with E-state index in [2.05, 4.69) is 11.1 Å². The van der Waals surface area contributed by atoms with Crippen molar-refractivity contribution in [2.45, 2.75) is 25.7 Å². The number of rotatable bonds is 0. The Hall–Kier alpha value is -0.920. The van der Waals surface area contributed by atoms with Crippen LogP contribution in [0.4, 0.5) is 0 Å². The fourth-order valence-electron chi connectivity index (χ4n) is 1.85. The van der Waals surface area contributed by atoms with Crippen molar-refractivity contribution in [2.24, 2.45) is 10.9 Å². The number of hydrogen-bond acceptors (Lipinski definition) is 1. The van der Waals surface area contributed by atoms with E-state index in [0.717, 1.165) is 6.42 Å². The van der Waals surface area contributed by atoms with E-state index in [9.17, 15) is 0 Å². The summed E-state index contributed by atoms with van der Waals surface area (Å²) in [7, 11) is 0. The molecule has 1 aliphatic carbocycles. The molecular formula is C9H12N2. The first kappa shape index (κ1) is 6.77. The summed E-state index contributed by atoms with van der Waals surface area (Å²) >= 11 is 0. The maximum atomic E-state index is 7.57. The molecule has 0 radical (unpaired) electrons. The lowest BCUT2D eigenvalue weighted by molar-refractivity contribution is 0.534. The lowest BCUT2D eigenvalue weighted by atomic mass is 9.82. The van der Waals surface area contributed by atoms with Crippen LogP contribution in [0.1, 0.15) is 25.7 Å². The Kier molecular flexibility index (Phi) is 1.60. The predicted octanol–water partition coefficient (Wildman–Crippen LogP) is 2.16. The minimum atomic E-state index is 0.369. The van der Waals surface area contributed by atoms with Gasteiger partial charge in [-0.1, -0.05) is 12.0 Å². The van der Waals surface area contributed by atoms with Crippen molar-refractivity contribution >= 4 is 12.1 Å². The standard InChI is InChI=1S/C9H12N2/c10-9-8-4-2-1-3-7(8)5-6-11-9/h5-6,8,10H,1-4H2. The lowest BCUT2D eigenvalue weighted by Gasteiger charge is -2.25. The molecule has 1 aliphatic heterocycles. The number of allylic oxidation sites excluding steroid dienone is 1. The predicted molar refractivity (Wildman–Crippen MR) is 46.3 cm³/mol. The third-order valence-corrected chi connectivity index (χ3v) is 2.49.